The maximum Gasteiger partial charge on any atom is 0.339 e. The van der Waals surface area contributed by atoms with E-state index in [4.69, 9.17) is 5.11 Å². The molecule has 0 saturated heterocycles. The van der Waals surface area contributed by atoms with Gasteiger partial charge in [-0.3, -0.25) is 4.98 Å². The molecule has 18 heavy (non-hydrogen) atoms. The van der Waals surface area contributed by atoms with Gasteiger partial charge in [0.25, 0.3) is 0 Å². The Balaban J connectivity index is 2.45. The van der Waals surface area contributed by atoms with Crippen LogP contribution in [0.25, 0.3) is 0 Å². The molecule has 0 radical (unpaired) electrons. The summed E-state index contributed by atoms with van der Waals surface area (Å²) in [4.78, 5) is 15.0. The van der Waals surface area contributed by atoms with Crippen molar-refractivity contribution in [1.29, 1.82) is 0 Å². The maximum atomic E-state index is 11.0. The summed E-state index contributed by atoms with van der Waals surface area (Å²) >= 11 is 1.86. The molecule has 4 nitrogen and oxygen atoms in total. The number of thioether (sulfide) groups is 1. The number of nitrogens with one attached hydrogen (secondary N) is 1. The Bertz CT molecular complexity index is 397. The molecular formula is C13H20N2O2S. The fraction of sp³-hybridized carbons (Fsp3) is 0.538. The second-order valence-electron chi connectivity index (χ2n) is 4.16. The fourth-order valence-electron chi connectivity index (χ4n) is 1.65. The first-order valence-corrected chi connectivity index (χ1v) is 7.47. The summed E-state index contributed by atoms with van der Waals surface area (Å²) in [5, 5.41) is 12.2. The van der Waals surface area contributed by atoms with Crippen LogP contribution in [0.5, 0.6) is 0 Å². The molecule has 0 atom stereocenters. The zero-order chi connectivity index (χ0) is 13.4. The van der Waals surface area contributed by atoms with Crippen molar-refractivity contribution in [2.24, 2.45) is 0 Å². The molecule has 0 amide bonds. The van der Waals surface area contributed by atoms with Gasteiger partial charge in [-0.15, -0.1) is 0 Å². The summed E-state index contributed by atoms with van der Waals surface area (Å²) in [6.07, 6.45) is 6.95. The predicted octanol–water partition coefficient (Wildman–Crippen LogP) is 3.03. The van der Waals surface area contributed by atoms with Crippen molar-refractivity contribution >= 4 is 23.4 Å². The molecule has 1 aromatic rings. The van der Waals surface area contributed by atoms with Gasteiger partial charge < -0.3 is 10.4 Å². The minimum atomic E-state index is -0.938. The first kappa shape index (κ1) is 14.8. The topological polar surface area (TPSA) is 62.2 Å². The molecule has 0 bridgehead atoms. The number of hydrogen-bond acceptors (Lipinski definition) is 4. The number of aromatic nitrogens is 1. The van der Waals surface area contributed by atoms with Crippen LogP contribution in [0, 0.1) is 6.92 Å². The lowest BCUT2D eigenvalue weighted by Gasteiger charge is -2.09. The van der Waals surface area contributed by atoms with E-state index in [9.17, 15) is 4.79 Å². The highest BCUT2D eigenvalue weighted by Gasteiger charge is 2.10. The molecule has 0 fully saturated rings. The lowest BCUT2D eigenvalue weighted by molar-refractivity contribution is 0.0697. The lowest BCUT2D eigenvalue weighted by Crippen LogP contribution is -2.09. The number of unbranched alkanes of at least 4 members (excludes halogenated alkanes) is 2. The molecule has 0 aliphatic heterocycles. The van der Waals surface area contributed by atoms with Gasteiger partial charge in [0.05, 0.1) is 5.69 Å². The Morgan fingerprint density at radius 1 is 1.44 bits per heavy atom. The number of nitrogens with zero attached hydrogens (tertiary/aromatic N) is 1. The fourth-order valence-corrected chi connectivity index (χ4v) is 2.14. The monoisotopic (exact) mass is 268 g/mol. The van der Waals surface area contributed by atoms with Gasteiger partial charge in [0.1, 0.15) is 5.56 Å². The van der Waals surface area contributed by atoms with E-state index in [1.807, 2.05) is 18.7 Å². The van der Waals surface area contributed by atoms with E-state index < -0.39 is 5.97 Å². The Morgan fingerprint density at radius 3 is 2.89 bits per heavy atom. The van der Waals surface area contributed by atoms with Gasteiger partial charge in [-0.05, 0) is 37.8 Å². The number of carbonyl (C=O) groups is 1. The van der Waals surface area contributed by atoms with Crippen LogP contribution in [-0.2, 0) is 0 Å². The Morgan fingerprint density at radius 2 is 2.22 bits per heavy atom. The molecule has 2 N–H and O–H groups in total. The lowest BCUT2D eigenvalue weighted by atomic mass is 10.2. The highest BCUT2D eigenvalue weighted by molar-refractivity contribution is 7.98. The van der Waals surface area contributed by atoms with Crippen LogP contribution >= 0.6 is 11.8 Å². The van der Waals surface area contributed by atoms with Gasteiger partial charge in [-0.25, -0.2) is 4.79 Å². The number of anilines is 1. The number of carboxylic acids is 1. The van der Waals surface area contributed by atoms with Crippen LogP contribution in [0.3, 0.4) is 0 Å². The van der Waals surface area contributed by atoms with Crippen molar-refractivity contribution in [2.75, 3.05) is 23.9 Å². The summed E-state index contributed by atoms with van der Waals surface area (Å²) in [5.74, 6) is 0.252. The number of hydrogen-bond donors (Lipinski definition) is 2. The zero-order valence-corrected chi connectivity index (χ0v) is 11.7. The van der Waals surface area contributed by atoms with E-state index in [1.165, 1.54) is 24.8 Å². The van der Waals surface area contributed by atoms with E-state index in [-0.39, 0.29) is 5.56 Å². The van der Waals surface area contributed by atoms with Crippen molar-refractivity contribution in [3.8, 4) is 0 Å². The largest absolute Gasteiger partial charge is 0.478 e. The standard InChI is InChI=1S/C13H20N2O2S/c1-10-8-12(11(9-15-10)13(16)17)14-6-4-3-5-7-18-2/h8-9H,3-7H2,1-2H3,(H,14,15)(H,16,17). The summed E-state index contributed by atoms with van der Waals surface area (Å²) < 4.78 is 0. The highest BCUT2D eigenvalue weighted by Crippen LogP contribution is 2.16. The van der Waals surface area contributed by atoms with Gasteiger partial charge in [-0.2, -0.15) is 11.8 Å². The van der Waals surface area contributed by atoms with Crippen LogP contribution in [0.2, 0.25) is 0 Å². The summed E-state index contributed by atoms with van der Waals surface area (Å²) in [6.45, 7) is 2.66. The van der Waals surface area contributed by atoms with Gasteiger partial charge in [0.2, 0.25) is 0 Å². The van der Waals surface area contributed by atoms with Crippen molar-refractivity contribution in [2.45, 2.75) is 26.2 Å². The summed E-state index contributed by atoms with van der Waals surface area (Å²) in [7, 11) is 0. The quantitative estimate of drug-likeness (QED) is 0.710. The van der Waals surface area contributed by atoms with Crippen molar-refractivity contribution < 1.29 is 9.90 Å². The third-order valence-corrected chi connectivity index (χ3v) is 3.31. The van der Waals surface area contributed by atoms with Crippen LogP contribution in [0.1, 0.15) is 35.3 Å². The summed E-state index contributed by atoms with van der Waals surface area (Å²) in [6, 6.07) is 1.78. The highest BCUT2D eigenvalue weighted by atomic mass is 32.2. The van der Waals surface area contributed by atoms with E-state index >= 15 is 0 Å². The summed E-state index contributed by atoms with van der Waals surface area (Å²) in [5.41, 5.74) is 1.73. The predicted molar refractivity (Wildman–Crippen MR) is 76.7 cm³/mol. The van der Waals surface area contributed by atoms with Crippen LogP contribution in [0.4, 0.5) is 5.69 Å². The molecule has 0 aliphatic carbocycles. The van der Waals surface area contributed by atoms with E-state index in [0.717, 1.165) is 18.7 Å². The minimum Gasteiger partial charge on any atom is -0.478 e. The molecule has 1 heterocycles. The normalized spacial score (nSPS) is 10.3. The smallest absolute Gasteiger partial charge is 0.339 e. The number of aryl methyl sites for hydroxylation is 1. The second kappa shape index (κ2) is 7.97. The molecule has 1 aromatic heterocycles. The van der Waals surface area contributed by atoms with Gasteiger partial charge in [0.15, 0.2) is 0 Å². The average Bonchev–Trinajstić information content (AvgIpc) is 2.33. The average molecular weight is 268 g/mol. The first-order valence-electron chi connectivity index (χ1n) is 6.08. The zero-order valence-electron chi connectivity index (χ0n) is 10.9. The third-order valence-electron chi connectivity index (χ3n) is 2.61. The SMILES string of the molecule is CSCCCCCNc1cc(C)ncc1C(=O)O. The number of carboxylic acid groups (broad SMARTS) is 1. The first-order chi connectivity index (χ1) is 8.65. The number of pyridine rings is 1. The number of rotatable bonds is 8. The second-order valence-corrected chi connectivity index (χ2v) is 5.14. The van der Waals surface area contributed by atoms with Crippen LogP contribution in [-0.4, -0.2) is 34.6 Å². The molecule has 0 saturated carbocycles. The molecule has 0 unspecified atom stereocenters. The van der Waals surface area contributed by atoms with Crippen molar-refractivity contribution in [1.82, 2.24) is 4.98 Å². The molecule has 0 aliphatic rings. The van der Waals surface area contributed by atoms with E-state index in [2.05, 4.69) is 16.6 Å². The Hall–Kier alpha value is -1.23. The molecule has 0 spiro atoms. The Kier molecular flexibility index (Phi) is 6.57. The van der Waals surface area contributed by atoms with Gasteiger partial charge in [-0.1, -0.05) is 6.42 Å². The van der Waals surface area contributed by atoms with E-state index in [1.54, 1.807) is 6.07 Å². The van der Waals surface area contributed by atoms with Crippen molar-refractivity contribution in [3.63, 3.8) is 0 Å². The molecular weight excluding hydrogens is 248 g/mol. The van der Waals surface area contributed by atoms with Crippen LogP contribution in [0.15, 0.2) is 12.3 Å². The van der Waals surface area contributed by atoms with Gasteiger partial charge in [0, 0.05) is 18.4 Å². The maximum absolute atomic E-state index is 11.0. The molecule has 0 aromatic carbocycles. The van der Waals surface area contributed by atoms with E-state index in [0.29, 0.717) is 5.69 Å². The third kappa shape index (κ3) is 4.96. The molecule has 100 valence electrons. The molecule has 5 heteroatoms. The Labute approximate surface area is 112 Å². The minimum absolute atomic E-state index is 0.240. The van der Waals surface area contributed by atoms with Crippen molar-refractivity contribution in [3.05, 3.63) is 23.5 Å². The van der Waals surface area contributed by atoms with Crippen LogP contribution < -0.4 is 5.32 Å². The molecule has 1 rings (SSSR count). The number of aromatic carboxylic acids is 1. The van der Waals surface area contributed by atoms with Gasteiger partial charge >= 0.3 is 5.97 Å².